The van der Waals surface area contributed by atoms with E-state index in [9.17, 15) is 4.79 Å². The summed E-state index contributed by atoms with van der Waals surface area (Å²) in [6.45, 7) is 3.79. The van der Waals surface area contributed by atoms with Crippen LogP contribution in [0, 0.1) is 5.92 Å². The van der Waals surface area contributed by atoms with Crippen LogP contribution in [0.3, 0.4) is 0 Å². The van der Waals surface area contributed by atoms with Crippen molar-refractivity contribution in [2.24, 2.45) is 5.92 Å². The first-order valence-electron chi connectivity index (χ1n) is 4.16. The Kier molecular flexibility index (Phi) is 1.63. The fourth-order valence-electron chi connectivity index (χ4n) is 1.72. The Morgan fingerprint density at radius 3 is 2.50 bits per heavy atom. The van der Waals surface area contributed by atoms with Gasteiger partial charge in [-0.15, -0.1) is 0 Å². The molecule has 0 bridgehead atoms. The molecule has 2 rings (SSSR count). The van der Waals surface area contributed by atoms with E-state index in [1.54, 1.807) is 11.9 Å². The number of hydrogen-bond acceptors (Lipinski definition) is 3. The molecule has 1 amide bonds. The third kappa shape index (κ3) is 0.949. The SMILES string of the molecule is CN1CC(C2(C)OCCO2)C1=O. The molecular formula is C8H13NO3. The number of carbonyl (C=O) groups is 1. The fraction of sp³-hybridized carbons (Fsp3) is 0.875. The highest BCUT2D eigenvalue weighted by atomic mass is 16.7. The van der Waals surface area contributed by atoms with Gasteiger partial charge in [0.05, 0.1) is 13.2 Å². The first-order valence-corrected chi connectivity index (χ1v) is 4.16. The van der Waals surface area contributed by atoms with Crippen LogP contribution in [0.4, 0.5) is 0 Å². The molecule has 2 fully saturated rings. The van der Waals surface area contributed by atoms with Gasteiger partial charge in [-0.05, 0) is 6.92 Å². The molecule has 1 unspecified atom stereocenters. The summed E-state index contributed by atoms with van der Waals surface area (Å²) in [6, 6.07) is 0. The Bertz CT molecular complexity index is 210. The number of amides is 1. The Morgan fingerprint density at radius 2 is 2.08 bits per heavy atom. The second-order valence-electron chi connectivity index (χ2n) is 3.48. The van der Waals surface area contributed by atoms with Crippen LogP contribution in [0.25, 0.3) is 0 Å². The van der Waals surface area contributed by atoms with Crippen LogP contribution >= 0.6 is 0 Å². The van der Waals surface area contributed by atoms with Gasteiger partial charge in [-0.3, -0.25) is 4.79 Å². The van der Waals surface area contributed by atoms with Crippen molar-refractivity contribution in [1.29, 1.82) is 0 Å². The van der Waals surface area contributed by atoms with Crippen molar-refractivity contribution in [3.63, 3.8) is 0 Å². The molecule has 0 aromatic heterocycles. The molecule has 2 aliphatic rings. The normalized spacial score (nSPS) is 33.7. The van der Waals surface area contributed by atoms with Gasteiger partial charge in [0, 0.05) is 13.6 Å². The van der Waals surface area contributed by atoms with Gasteiger partial charge >= 0.3 is 0 Å². The quantitative estimate of drug-likeness (QED) is 0.514. The third-order valence-electron chi connectivity index (χ3n) is 2.62. The van der Waals surface area contributed by atoms with Crippen molar-refractivity contribution in [2.75, 3.05) is 26.8 Å². The van der Waals surface area contributed by atoms with Gasteiger partial charge in [0.25, 0.3) is 0 Å². The molecule has 1 atom stereocenters. The van der Waals surface area contributed by atoms with Crippen molar-refractivity contribution in [3.05, 3.63) is 0 Å². The van der Waals surface area contributed by atoms with E-state index < -0.39 is 5.79 Å². The van der Waals surface area contributed by atoms with E-state index >= 15 is 0 Å². The number of ether oxygens (including phenoxy) is 2. The Morgan fingerprint density at radius 1 is 1.50 bits per heavy atom. The molecule has 0 saturated carbocycles. The summed E-state index contributed by atoms with van der Waals surface area (Å²) in [5.74, 6) is -0.617. The molecule has 0 spiro atoms. The maximum absolute atomic E-state index is 11.3. The van der Waals surface area contributed by atoms with Crippen LogP contribution in [0.2, 0.25) is 0 Å². The van der Waals surface area contributed by atoms with Crippen molar-refractivity contribution < 1.29 is 14.3 Å². The second kappa shape index (κ2) is 2.44. The van der Waals surface area contributed by atoms with Gasteiger partial charge in [-0.1, -0.05) is 0 Å². The number of β-lactam (4-membered cyclic amide) rings is 1. The van der Waals surface area contributed by atoms with E-state index in [1.165, 1.54) is 0 Å². The van der Waals surface area contributed by atoms with Crippen LogP contribution in [0.5, 0.6) is 0 Å². The number of rotatable bonds is 1. The molecule has 2 heterocycles. The van der Waals surface area contributed by atoms with Crippen molar-refractivity contribution in [1.82, 2.24) is 4.90 Å². The highest BCUT2D eigenvalue weighted by Crippen LogP contribution is 2.34. The number of hydrogen-bond donors (Lipinski definition) is 0. The van der Waals surface area contributed by atoms with E-state index in [0.29, 0.717) is 13.2 Å². The van der Waals surface area contributed by atoms with E-state index in [0.717, 1.165) is 6.54 Å². The second-order valence-corrected chi connectivity index (χ2v) is 3.48. The van der Waals surface area contributed by atoms with Crippen LogP contribution < -0.4 is 0 Å². The predicted octanol–water partition coefficient (Wildman–Crippen LogP) is -0.162. The van der Waals surface area contributed by atoms with Crippen molar-refractivity contribution in [2.45, 2.75) is 12.7 Å². The smallest absolute Gasteiger partial charge is 0.232 e. The van der Waals surface area contributed by atoms with E-state index in [2.05, 4.69) is 0 Å². The molecule has 0 radical (unpaired) electrons. The van der Waals surface area contributed by atoms with Gasteiger partial charge in [0.15, 0.2) is 5.79 Å². The van der Waals surface area contributed by atoms with Crippen LogP contribution in [0.1, 0.15) is 6.92 Å². The zero-order chi connectivity index (χ0) is 8.77. The van der Waals surface area contributed by atoms with Gasteiger partial charge in [-0.25, -0.2) is 0 Å². The average molecular weight is 171 g/mol. The minimum absolute atomic E-state index is 0.0926. The summed E-state index contributed by atoms with van der Waals surface area (Å²) in [5, 5.41) is 0. The van der Waals surface area contributed by atoms with Crippen LogP contribution in [-0.2, 0) is 14.3 Å². The molecule has 0 aromatic carbocycles. The predicted molar refractivity (Wildman–Crippen MR) is 41.4 cm³/mol. The molecule has 4 heteroatoms. The average Bonchev–Trinajstić information content (AvgIpc) is 2.47. The Hall–Kier alpha value is -0.610. The molecule has 68 valence electrons. The van der Waals surface area contributed by atoms with Gasteiger partial charge in [0.2, 0.25) is 5.91 Å². The van der Waals surface area contributed by atoms with Gasteiger partial charge in [0.1, 0.15) is 5.92 Å². The first-order chi connectivity index (χ1) is 5.63. The monoisotopic (exact) mass is 171 g/mol. The molecule has 0 aliphatic carbocycles. The fourth-order valence-corrected chi connectivity index (χ4v) is 1.72. The lowest BCUT2D eigenvalue weighted by Crippen LogP contribution is -2.59. The Balaban J connectivity index is 2.05. The summed E-state index contributed by atoms with van der Waals surface area (Å²) in [5.41, 5.74) is 0. The summed E-state index contributed by atoms with van der Waals surface area (Å²) >= 11 is 0. The van der Waals surface area contributed by atoms with Gasteiger partial charge < -0.3 is 14.4 Å². The zero-order valence-corrected chi connectivity index (χ0v) is 7.37. The molecule has 0 N–H and O–H groups in total. The molecular weight excluding hydrogens is 158 g/mol. The Labute approximate surface area is 71.4 Å². The standard InChI is InChI=1S/C8H13NO3/c1-8(11-3-4-12-8)6-5-9(2)7(6)10/h6H,3-5H2,1-2H3. The maximum Gasteiger partial charge on any atom is 0.232 e. The lowest BCUT2D eigenvalue weighted by atomic mass is 9.91. The highest BCUT2D eigenvalue weighted by molar-refractivity contribution is 5.85. The number of carbonyl (C=O) groups excluding carboxylic acids is 1. The summed E-state index contributed by atoms with van der Waals surface area (Å²) in [4.78, 5) is 13.0. The maximum atomic E-state index is 11.3. The third-order valence-corrected chi connectivity index (χ3v) is 2.62. The largest absolute Gasteiger partial charge is 0.347 e. The minimum Gasteiger partial charge on any atom is -0.347 e. The van der Waals surface area contributed by atoms with Crippen LogP contribution in [-0.4, -0.2) is 43.4 Å². The van der Waals surface area contributed by atoms with Crippen LogP contribution in [0.15, 0.2) is 0 Å². The van der Waals surface area contributed by atoms with Gasteiger partial charge in [-0.2, -0.15) is 0 Å². The summed E-state index contributed by atoms with van der Waals surface area (Å²) in [6.07, 6.45) is 0. The highest BCUT2D eigenvalue weighted by Gasteiger charge is 2.51. The summed E-state index contributed by atoms with van der Waals surface area (Å²) < 4.78 is 10.8. The van der Waals surface area contributed by atoms with Crippen molar-refractivity contribution >= 4 is 5.91 Å². The minimum atomic E-state index is -0.649. The number of nitrogens with zero attached hydrogens (tertiary/aromatic N) is 1. The topological polar surface area (TPSA) is 38.8 Å². The zero-order valence-electron chi connectivity index (χ0n) is 7.37. The van der Waals surface area contributed by atoms with E-state index in [1.807, 2.05) is 6.92 Å². The lowest BCUT2D eigenvalue weighted by Gasteiger charge is -2.42. The molecule has 4 nitrogen and oxygen atoms in total. The lowest BCUT2D eigenvalue weighted by molar-refractivity contribution is -0.212. The first kappa shape index (κ1) is 8.01. The summed E-state index contributed by atoms with van der Waals surface area (Å²) in [7, 11) is 1.79. The van der Waals surface area contributed by atoms with E-state index in [4.69, 9.17) is 9.47 Å². The van der Waals surface area contributed by atoms with Crippen molar-refractivity contribution in [3.8, 4) is 0 Å². The molecule has 2 aliphatic heterocycles. The van der Waals surface area contributed by atoms with E-state index in [-0.39, 0.29) is 11.8 Å². The number of likely N-dealkylation sites (tertiary alicyclic amines) is 1. The molecule has 0 aromatic rings. The molecule has 2 saturated heterocycles. The molecule has 12 heavy (non-hydrogen) atoms.